The van der Waals surface area contributed by atoms with E-state index in [2.05, 4.69) is 10.6 Å². The fourth-order valence-electron chi connectivity index (χ4n) is 19.7. The fraction of sp³-hybridized carbons (Fsp3) is 0.516. The van der Waals surface area contributed by atoms with Crippen molar-refractivity contribution in [3.05, 3.63) is 202 Å². The largest absolute Gasteiger partial charge is 0.456 e. The SMILES string of the molecule is C.C.C.CC(=O)O[C@@]12CO[C@@H]1C[C@H](O)[C@@]1(C)C(=O)[C@H](O)C3=C(C)[C@@H](OC(=O)[C@H](O)[C@@H](NC(=O)OC(C)(C)C)c4ccccc4)C[C@@](O)([C@@H](OC(=O)c4ccccc4)[C@H]21)C3(C)C.CC(=O)O[C@H]1C(=O)[C@@]2(C)[C@H]([C@H](OC(=O)c3ccccc3)[C@]3(O)C[C@H](OC(=O)[C@H](O)[C@@H](NC(=O)c4ccccc4)c4ccccc4)C(C)=C1C3(C)C)[C@]1(OC(C)=O)CO[C@@H]1C[C@@H]2O. The van der Waals surface area contributed by atoms with Crippen molar-refractivity contribution >= 4 is 65.4 Å². The molecule has 30 nitrogen and oxygen atoms in total. The number of carbonyl (C=O) groups excluding carboxylic acids is 11. The Hall–Kier alpha value is -10.4. The van der Waals surface area contributed by atoms with Crippen molar-refractivity contribution in [1.82, 2.24) is 10.6 Å². The Labute approximate surface area is 715 Å². The summed E-state index contributed by atoms with van der Waals surface area (Å²) in [6.45, 7) is 19.8. The van der Waals surface area contributed by atoms with Crippen LogP contribution in [0.4, 0.5) is 4.79 Å². The Kier molecular flexibility index (Phi) is 28.3. The first-order chi connectivity index (χ1) is 56.3. The van der Waals surface area contributed by atoms with E-state index in [-0.39, 0.29) is 87.3 Å². The molecule has 30 heteroatoms. The molecule has 13 rings (SSSR count). The van der Waals surface area contributed by atoms with E-state index in [9.17, 15) is 83.7 Å². The number of esters is 7. The Morgan fingerprint density at radius 3 is 1.18 bits per heavy atom. The normalized spacial score (nSPS) is 31.9. The van der Waals surface area contributed by atoms with Crippen molar-refractivity contribution in [3.63, 3.8) is 0 Å². The number of nitrogens with one attached hydrogen (secondary N) is 2. The molecule has 666 valence electrons. The standard InChI is InChI=1S/C47H51NO14.C43H53NO14.3CH4/c1-25-31(60-43(56)36(52)35(28-16-10-7-11-17-28)48-41(54)29-18-12-8-13-19-29)23-47(57)40(61-42(55)30-20-14-9-15-21-30)38-45(6,32(51)22-33-46(38,24-58-33)62-27(3)50)39(53)37(59-26(2)49)34(25)44(47,4)5;1-22-26(55-37(51)32(48)30(24-15-11-9-12-16-24)44-38(52)58-39(3,4)5)20-43(53)35(56-36(50)25-17-13-10-14-18-25)33-41(8,34(49)31(47)29(22)40(43,6)7)27(46)19-28-42(33,21-54-28)57-23(2)45;;;/h7-21,31-33,35-38,40,51-52,57H,22-24H2,1-6H3,(H,48,54);9-18,26-28,30-33,35,46-48,53H,19-21H2,1-8H3,(H,44,52);3*1H4/t31-,32-,33+,35-,36+,37+,38-,40-,45+,46-,47+;26-,27-,28+,30-,31+,32+,33-,35-,41+,42-,43+;;;/m00.../s1. The zero-order chi connectivity index (χ0) is 87.7. The van der Waals surface area contributed by atoms with Gasteiger partial charge in [0.1, 0.15) is 59.5 Å². The lowest BCUT2D eigenvalue weighted by atomic mass is 9.44. The maximum atomic E-state index is 15.5. The molecule has 6 aliphatic carbocycles. The third-order valence-electron chi connectivity index (χ3n) is 26.0. The molecule has 22 atom stereocenters. The van der Waals surface area contributed by atoms with Gasteiger partial charge in [-0.15, -0.1) is 0 Å². The number of aliphatic hydroxyl groups excluding tert-OH is 5. The van der Waals surface area contributed by atoms with Crippen LogP contribution in [0.5, 0.6) is 0 Å². The predicted molar refractivity (Wildman–Crippen MR) is 441 cm³/mol. The first-order valence-electron chi connectivity index (χ1n) is 39.8. The minimum atomic E-state index is -2.39. The molecule has 5 aromatic carbocycles. The zero-order valence-corrected chi connectivity index (χ0v) is 69.1. The lowest BCUT2D eigenvalue weighted by Crippen LogP contribution is -2.82. The maximum absolute atomic E-state index is 15.5. The van der Waals surface area contributed by atoms with Gasteiger partial charge in [0.05, 0.1) is 71.3 Å². The number of amides is 2. The van der Waals surface area contributed by atoms with E-state index in [1.807, 2.05) is 0 Å². The number of rotatable bonds is 18. The van der Waals surface area contributed by atoms with E-state index in [1.165, 1.54) is 52.0 Å². The Morgan fingerprint density at radius 2 is 0.821 bits per heavy atom. The van der Waals surface area contributed by atoms with Crippen molar-refractivity contribution < 1.29 is 136 Å². The molecule has 123 heavy (non-hydrogen) atoms. The molecule has 2 amide bonds. The van der Waals surface area contributed by atoms with Gasteiger partial charge in [-0.3, -0.25) is 28.8 Å². The van der Waals surface area contributed by atoms with Gasteiger partial charge in [0.15, 0.2) is 41.1 Å². The molecule has 2 heterocycles. The second kappa shape index (κ2) is 36.0. The predicted octanol–water partition coefficient (Wildman–Crippen LogP) is 8.90. The molecule has 0 unspecified atom stereocenters. The van der Waals surface area contributed by atoms with E-state index in [4.69, 9.17) is 47.4 Å². The number of alkyl carbamates (subject to hydrolysis) is 1. The monoisotopic (exact) mass is 1710 g/mol. The topological polar surface area (TPSA) is 446 Å². The molecule has 2 saturated heterocycles. The van der Waals surface area contributed by atoms with Gasteiger partial charge in [-0.05, 0) is 118 Å². The summed E-state index contributed by atoms with van der Waals surface area (Å²) in [5, 5.41) is 91.8. The quantitative estimate of drug-likeness (QED) is 0.0224. The highest BCUT2D eigenvalue weighted by Crippen LogP contribution is 2.67. The second-order valence-electron chi connectivity index (χ2n) is 34.9. The van der Waals surface area contributed by atoms with Gasteiger partial charge < -0.3 is 93.7 Å². The molecule has 0 radical (unpaired) electrons. The molecule has 4 bridgehead atoms. The van der Waals surface area contributed by atoms with Crippen LogP contribution in [0.1, 0.15) is 199 Å². The average molecular weight is 1710 g/mol. The molecule has 6 fully saturated rings. The summed E-state index contributed by atoms with van der Waals surface area (Å²) in [5.74, 6) is -12.2. The van der Waals surface area contributed by atoms with Gasteiger partial charge in [-0.2, -0.15) is 0 Å². The highest BCUT2D eigenvalue weighted by Gasteiger charge is 2.81. The Morgan fingerprint density at radius 1 is 0.472 bits per heavy atom. The van der Waals surface area contributed by atoms with Gasteiger partial charge in [0.2, 0.25) is 0 Å². The van der Waals surface area contributed by atoms with Crippen LogP contribution in [0, 0.1) is 33.5 Å². The van der Waals surface area contributed by atoms with Gasteiger partial charge in [-0.25, -0.2) is 24.0 Å². The summed E-state index contributed by atoms with van der Waals surface area (Å²) in [6, 6.07) is 37.6. The van der Waals surface area contributed by atoms with Crippen LogP contribution in [0.25, 0.3) is 0 Å². The number of fused-ring (bicyclic) bond motifs is 10. The van der Waals surface area contributed by atoms with Crippen LogP contribution in [0.2, 0.25) is 0 Å². The molecule has 8 aliphatic rings. The summed E-state index contributed by atoms with van der Waals surface area (Å²) in [5.41, 5.74) is -15.2. The molecule has 0 aromatic heterocycles. The van der Waals surface area contributed by atoms with Gasteiger partial charge in [-0.1, -0.05) is 165 Å². The maximum Gasteiger partial charge on any atom is 0.408 e. The first kappa shape index (κ1) is 96.4. The number of ketones is 2. The molecule has 9 N–H and O–H groups in total. The number of hydrogen-bond donors (Lipinski definition) is 9. The van der Waals surface area contributed by atoms with E-state index >= 15 is 4.79 Å². The number of aliphatic hydroxyl groups is 7. The van der Waals surface area contributed by atoms with E-state index in [1.54, 1.807) is 176 Å². The summed E-state index contributed by atoms with van der Waals surface area (Å²) < 4.78 is 59.8. The average Bonchev–Trinajstić information content (AvgIpc) is 0.672. The second-order valence-corrected chi connectivity index (χ2v) is 34.9. The highest BCUT2D eigenvalue weighted by molar-refractivity contribution is 5.97. The van der Waals surface area contributed by atoms with Crippen LogP contribution in [-0.4, -0.2) is 216 Å². The zero-order valence-electron chi connectivity index (χ0n) is 69.1. The van der Waals surface area contributed by atoms with Gasteiger partial charge in [0.25, 0.3) is 5.91 Å². The van der Waals surface area contributed by atoms with Crippen molar-refractivity contribution in [2.24, 2.45) is 33.5 Å². The van der Waals surface area contributed by atoms with Crippen LogP contribution in [0.3, 0.4) is 0 Å². The molecule has 5 aromatic rings. The van der Waals surface area contributed by atoms with Crippen LogP contribution in [0.15, 0.2) is 174 Å². The number of carbonyl (C=O) groups is 11. The summed E-state index contributed by atoms with van der Waals surface area (Å²) >= 11 is 0. The molecular weight excluding hydrogens is 1590 g/mol. The van der Waals surface area contributed by atoms with E-state index < -0.39 is 225 Å². The third kappa shape index (κ3) is 17.0. The summed E-state index contributed by atoms with van der Waals surface area (Å²) in [4.78, 5) is 152. The minimum absolute atomic E-state index is 0. The van der Waals surface area contributed by atoms with Crippen molar-refractivity contribution in [2.75, 3.05) is 13.2 Å². The van der Waals surface area contributed by atoms with Gasteiger partial charge >= 0.3 is 47.9 Å². The van der Waals surface area contributed by atoms with Crippen LogP contribution in [-0.2, 0) is 80.9 Å². The number of ether oxygens (including phenoxy) is 10. The lowest BCUT2D eigenvalue weighted by molar-refractivity contribution is -0.346. The molecule has 0 spiro atoms. The van der Waals surface area contributed by atoms with E-state index in [0.717, 1.165) is 20.8 Å². The van der Waals surface area contributed by atoms with Crippen molar-refractivity contribution in [3.8, 4) is 0 Å². The van der Waals surface area contributed by atoms with E-state index in [0.29, 0.717) is 11.1 Å². The highest BCUT2D eigenvalue weighted by atomic mass is 16.7. The third-order valence-corrected chi connectivity index (χ3v) is 26.0. The lowest BCUT2D eigenvalue weighted by Gasteiger charge is -2.67. The Bertz CT molecular complexity index is 4860. The smallest absolute Gasteiger partial charge is 0.408 e. The number of benzene rings is 5. The molecule has 4 saturated carbocycles. The molecule has 2 aliphatic heterocycles. The Balaban J connectivity index is 0.000000273. The number of Topliss-reactive ketones (excluding diaryl/α,β-unsaturated/α-hetero) is 2. The summed E-state index contributed by atoms with van der Waals surface area (Å²) in [6.07, 6.45) is -22.0. The fourth-order valence-corrected chi connectivity index (χ4v) is 19.7. The minimum Gasteiger partial charge on any atom is -0.456 e. The first-order valence-corrected chi connectivity index (χ1v) is 39.8. The summed E-state index contributed by atoms with van der Waals surface area (Å²) in [7, 11) is 0. The molecular formula is C93H116N2O28. The number of hydrogen-bond acceptors (Lipinski definition) is 28. The van der Waals surface area contributed by atoms with Gasteiger partial charge in [0, 0.05) is 62.8 Å². The van der Waals surface area contributed by atoms with Crippen molar-refractivity contribution in [1.29, 1.82) is 0 Å². The van der Waals surface area contributed by atoms with Crippen molar-refractivity contribution in [2.45, 2.75) is 258 Å². The van der Waals surface area contributed by atoms with Crippen LogP contribution >= 0.6 is 0 Å². The van der Waals surface area contributed by atoms with Crippen LogP contribution < -0.4 is 10.6 Å².